The molecule has 0 aliphatic carbocycles. The van der Waals surface area contributed by atoms with Crippen LogP contribution in [0.3, 0.4) is 0 Å². The smallest absolute Gasteiger partial charge is 0.0587 e. The minimum absolute atomic E-state index is 0.714. The molecule has 0 radical (unpaired) electrons. The predicted molar refractivity (Wildman–Crippen MR) is 62.7 cm³/mol. The summed E-state index contributed by atoms with van der Waals surface area (Å²) >= 11 is 9.42. The second kappa shape index (κ2) is 6.40. The second-order valence-electron chi connectivity index (χ2n) is 2.91. The van der Waals surface area contributed by atoms with Gasteiger partial charge in [0.05, 0.1) is 6.61 Å². The van der Waals surface area contributed by atoms with Crippen LogP contribution in [0.15, 0.2) is 22.7 Å². The van der Waals surface area contributed by atoms with Crippen LogP contribution in [0.1, 0.15) is 5.56 Å². The SMILES string of the molecule is COCCNCc1cc(Br)ccc1Cl. The summed E-state index contributed by atoms with van der Waals surface area (Å²) in [7, 11) is 1.69. The molecule has 0 amide bonds. The standard InChI is InChI=1S/C10H13BrClNO/c1-14-5-4-13-7-8-6-9(11)2-3-10(8)12/h2-3,6,13H,4-5,7H2,1H3. The van der Waals surface area contributed by atoms with Gasteiger partial charge in [-0.2, -0.15) is 0 Å². The average molecular weight is 279 g/mol. The minimum Gasteiger partial charge on any atom is -0.383 e. The Morgan fingerprint density at radius 1 is 1.50 bits per heavy atom. The van der Waals surface area contributed by atoms with Crippen molar-refractivity contribution in [1.82, 2.24) is 5.32 Å². The Labute approximate surface area is 97.7 Å². The van der Waals surface area contributed by atoms with E-state index < -0.39 is 0 Å². The first-order valence-corrected chi connectivity index (χ1v) is 5.54. The quantitative estimate of drug-likeness (QED) is 0.836. The summed E-state index contributed by atoms with van der Waals surface area (Å²) in [4.78, 5) is 0. The lowest BCUT2D eigenvalue weighted by Gasteiger charge is -2.06. The highest BCUT2D eigenvalue weighted by Crippen LogP contribution is 2.20. The molecule has 0 heterocycles. The van der Waals surface area contributed by atoms with Crippen LogP contribution in [0.2, 0.25) is 5.02 Å². The predicted octanol–water partition coefficient (Wildman–Crippen LogP) is 2.84. The van der Waals surface area contributed by atoms with Crippen LogP contribution in [-0.2, 0) is 11.3 Å². The number of benzene rings is 1. The molecule has 0 spiro atoms. The topological polar surface area (TPSA) is 21.3 Å². The normalized spacial score (nSPS) is 10.5. The number of methoxy groups -OCH3 is 1. The third-order valence-corrected chi connectivity index (χ3v) is 2.67. The molecule has 0 aromatic heterocycles. The van der Waals surface area contributed by atoms with E-state index >= 15 is 0 Å². The van der Waals surface area contributed by atoms with E-state index in [-0.39, 0.29) is 0 Å². The Balaban J connectivity index is 2.45. The van der Waals surface area contributed by atoms with Gasteiger partial charge in [-0.3, -0.25) is 0 Å². The maximum atomic E-state index is 6.02. The molecule has 0 fully saturated rings. The molecule has 0 unspecified atom stereocenters. The van der Waals surface area contributed by atoms with Crippen LogP contribution in [-0.4, -0.2) is 20.3 Å². The number of nitrogens with one attached hydrogen (secondary N) is 1. The summed E-state index contributed by atoms with van der Waals surface area (Å²) in [5.74, 6) is 0. The van der Waals surface area contributed by atoms with Gasteiger partial charge < -0.3 is 10.1 Å². The van der Waals surface area contributed by atoms with E-state index in [0.29, 0.717) is 6.61 Å². The highest BCUT2D eigenvalue weighted by molar-refractivity contribution is 9.10. The fourth-order valence-corrected chi connectivity index (χ4v) is 1.67. The number of ether oxygens (including phenoxy) is 1. The fourth-order valence-electron chi connectivity index (χ4n) is 1.08. The molecule has 1 aromatic rings. The summed E-state index contributed by atoms with van der Waals surface area (Å²) in [6.07, 6.45) is 0. The minimum atomic E-state index is 0.714. The molecule has 0 aliphatic heterocycles. The van der Waals surface area contributed by atoms with Gasteiger partial charge >= 0.3 is 0 Å². The zero-order valence-electron chi connectivity index (χ0n) is 8.02. The zero-order valence-corrected chi connectivity index (χ0v) is 10.4. The molecule has 1 N–H and O–H groups in total. The number of hydrogen-bond donors (Lipinski definition) is 1. The Hall–Kier alpha value is -0.0900. The molecule has 1 rings (SSSR count). The van der Waals surface area contributed by atoms with Crippen LogP contribution < -0.4 is 5.32 Å². The first kappa shape index (κ1) is 12.0. The highest BCUT2D eigenvalue weighted by Gasteiger charge is 1.99. The molecule has 0 saturated carbocycles. The van der Waals surface area contributed by atoms with Crippen LogP contribution in [0.25, 0.3) is 0 Å². The highest BCUT2D eigenvalue weighted by atomic mass is 79.9. The van der Waals surface area contributed by atoms with Crippen molar-refractivity contribution in [2.24, 2.45) is 0 Å². The van der Waals surface area contributed by atoms with Crippen molar-refractivity contribution in [3.05, 3.63) is 33.3 Å². The van der Waals surface area contributed by atoms with Gasteiger partial charge in [0.15, 0.2) is 0 Å². The molecule has 0 atom stereocenters. The summed E-state index contributed by atoms with van der Waals surface area (Å²) < 4.78 is 5.98. The van der Waals surface area contributed by atoms with Gasteiger partial charge in [-0.25, -0.2) is 0 Å². The Morgan fingerprint density at radius 2 is 2.29 bits per heavy atom. The van der Waals surface area contributed by atoms with Gasteiger partial charge in [0.1, 0.15) is 0 Å². The summed E-state index contributed by atoms with van der Waals surface area (Å²) in [6.45, 7) is 2.31. The van der Waals surface area contributed by atoms with Crippen LogP contribution >= 0.6 is 27.5 Å². The molecular weight excluding hydrogens is 265 g/mol. The molecule has 4 heteroatoms. The van der Waals surface area contributed by atoms with Crippen LogP contribution in [0, 0.1) is 0 Å². The number of hydrogen-bond acceptors (Lipinski definition) is 2. The Kier molecular flexibility index (Phi) is 5.48. The van der Waals surface area contributed by atoms with E-state index in [1.54, 1.807) is 7.11 Å². The second-order valence-corrected chi connectivity index (χ2v) is 4.23. The van der Waals surface area contributed by atoms with Gasteiger partial charge in [-0.05, 0) is 23.8 Å². The third kappa shape index (κ3) is 3.96. The van der Waals surface area contributed by atoms with Gasteiger partial charge in [0.25, 0.3) is 0 Å². The largest absolute Gasteiger partial charge is 0.383 e. The van der Waals surface area contributed by atoms with Gasteiger partial charge in [0, 0.05) is 29.7 Å². The monoisotopic (exact) mass is 277 g/mol. The third-order valence-electron chi connectivity index (χ3n) is 1.81. The van der Waals surface area contributed by atoms with Crippen molar-refractivity contribution in [1.29, 1.82) is 0 Å². The molecule has 0 aliphatic rings. The molecule has 2 nitrogen and oxygen atoms in total. The molecular formula is C10H13BrClNO. The molecule has 0 saturated heterocycles. The van der Waals surface area contributed by atoms with Crippen molar-refractivity contribution in [3.8, 4) is 0 Å². The van der Waals surface area contributed by atoms with Crippen LogP contribution in [0.4, 0.5) is 0 Å². The summed E-state index contributed by atoms with van der Waals surface area (Å²) in [6, 6.07) is 5.84. The van der Waals surface area contributed by atoms with E-state index in [1.165, 1.54) is 0 Å². The lowest BCUT2D eigenvalue weighted by molar-refractivity contribution is 0.199. The van der Waals surface area contributed by atoms with Crippen molar-refractivity contribution in [2.75, 3.05) is 20.3 Å². The van der Waals surface area contributed by atoms with E-state index in [9.17, 15) is 0 Å². The lowest BCUT2D eigenvalue weighted by Crippen LogP contribution is -2.18. The number of halogens is 2. The first-order chi connectivity index (χ1) is 6.74. The fraction of sp³-hybridized carbons (Fsp3) is 0.400. The maximum Gasteiger partial charge on any atom is 0.0587 e. The van der Waals surface area contributed by atoms with Gasteiger partial charge in [-0.15, -0.1) is 0 Å². The average Bonchev–Trinajstić information content (AvgIpc) is 2.18. The Morgan fingerprint density at radius 3 is 3.00 bits per heavy atom. The molecule has 78 valence electrons. The van der Waals surface area contributed by atoms with Crippen molar-refractivity contribution >= 4 is 27.5 Å². The van der Waals surface area contributed by atoms with Crippen LogP contribution in [0.5, 0.6) is 0 Å². The molecule has 14 heavy (non-hydrogen) atoms. The van der Waals surface area contributed by atoms with Crippen molar-refractivity contribution in [3.63, 3.8) is 0 Å². The number of rotatable bonds is 5. The van der Waals surface area contributed by atoms with Crippen molar-refractivity contribution < 1.29 is 4.74 Å². The maximum absolute atomic E-state index is 6.02. The molecule has 0 bridgehead atoms. The first-order valence-electron chi connectivity index (χ1n) is 4.37. The lowest BCUT2D eigenvalue weighted by atomic mass is 10.2. The van der Waals surface area contributed by atoms with E-state index in [4.69, 9.17) is 16.3 Å². The summed E-state index contributed by atoms with van der Waals surface area (Å²) in [5, 5.41) is 4.03. The van der Waals surface area contributed by atoms with Gasteiger partial charge in [-0.1, -0.05) is 27.5 Å². The zero-order chi connectivity index (χ0) is 10.4. The van der Waals surface area contributed by atoms with E-state index in [0.717, 1.165) is 28.1 Å². The van der Waals surface area contributed by atoms with E-state index in [1.807, 2.05) is 18.2 Å². The van der Waals surface area contributed by atoms with Crippen molar-refractivity contribution in [2.45, 2.75) is 6.54 Å². The van der Waals surface area contributed by atoms with Gasteiger partial charge in [0.2, 0.25) is 0 Å². The Bertz CT molecular complexity index is 293. The molecule has 1 aromatic carbocycles. The summed E-state index contributed by atoms with van der Waals surface area (Å²) in [5.41, 5.74) is 1.09. The van der Waals surface area contributed by atoms with E-state index in [2.05, 4.69) is 21.2 Å².